The van der Waals surface area contributed by atoms with Gasteiger partial charge in [0, 0.05) is 70.7 Å². The van der Waals surface area contributed by atoms with E-state index in [2.05, 4.69) is 34.2 Å². The van der Waals surface area contributed by atoms with E-state index < -0.39 is 11.4 Å². The minimum Gasteiger partial charge on any atom is -0.488 e. The molecule has 8 aliphatic rings. The van der Waals surface area contributed by atoms with Crippen molar-refractivity contribution >= 4 is 33.9 Å². The molecule has 1 N–H and O–H groups in total. The highest BCUT2D eigenvalue weighted by Crippen LogP contribution is 2.34. The van der Waals surface area contributed by atoms with Gasteiger partial charge in [0.2, 0.25) is 10.9 Å². The molecular weight excluding hydrogens is 827 g/mol. The van der Waals surface area contributed by atoms with Crippen molar-refractivity contribution in [1.82, 2.24) is 24.0 Å². The van der Waals surface area contributed by atoms with Crippen LogP contribution in [0, 0.1) is 0 Å². The smallest absolute Gasteiger partial charge is 0.341 e. The number of rotatable bonds is 8. The molecular formula is C51H53N5O9. The lowest BCUT2D eigenvalue weighted by Crippen LogP contribution is -2.59. The molecule has 4 unspecified atom stereocenters. The maximum atomic E-state index is 13.4. The van der Waals surface area contributed by atoms with E-state index >= 15 is 0 Å². The van der Waals surface area contributed by atoms with Crippen LogP contribution in [-0.4, -0.2) is 90.7 Å². The second-order valence-corrected chi connectivity index (χ2v) is 17.9. The first-order chi connectivity index (χ1) is 31.6. The molecule has 336 valence electrons. The predicted octanol–water partition coefficient (Wildman–Crippen LogP) is 6.56. The number of piperidine rings is 1. The van der Waals surface area contributed by atoms with Gasteiger partial charge in [-0.3, -0.25) is 14.4 Å². The van der Waals surface area contributed by atoms with Gasteiger partial charge in [0.05, 0.1) is 47.6 Å². The Morgan fingerprint density at radius 3 is 1.46 bits per heavy atom. The van der Waals surface area contributed by atoms with E-state index in [9.17, 15) is 24.3 Å². The Hall–Kier alpha value is -6.38. The summed E-state index contributed by atoms with van der Waals surface area (Å²) in [5.41, 5.74) is 5.28. The lowest BCUT2D eigenvalue weighted by atomic mass is 9.89. The van der Waals surface area contributed by atoms with Crippen molar-refractivity contribution in [1.29, 1.82) is 0 Å². The molecule has 1 amide bonds. The maximum Gasteiger partial charge on any atom is 0.341 e. The highest BCUT2D eigenvalue weighted by Gasteiger charge is 2.41. The van der Waals surface area contributed by atoms with Gasteiger partial charge in [0.15, 0.2) is 0 Å². The highest BCUT2D eigenvalue weighted by molar-refractivity contribution is 5.97. The number of morpholine rings is 1. The number of carbonyl (C=O) groups excluding carboxylic acids is 1. The number of aromatic carboxylic acids is 1. The van der Waals surface area contributed by atoms with Crippen molar-refractivity contribution in [2.24, 2.45) is 0 Å². The molecule has 9 heterocycles. The fourth-order valence-corrected chi connectivity index (χ4v) is 10.2. The van der Waals surface area contributed by atoms with Gasteiger partial charge in [-0.2, -0.15) is 0 Å². The number of hydrogen-bond acceptors (Lipinski definition) is 10. The average Bonchev–Trinajstić information content (AvgIpc) is 3.92. The first kappa shape index (κ1) is 42.6. The number of carboxylic acids is 1. The molecule has 0 spiro atoms. The minimum atomic E-state index is -1.24. The van der Waals surface area contributed by atoms with Crippen LogP contribution in [0.4, 0.5) is 0 Å². The fourth-order valence-electron chi connectivity index (χ4n) is 10.2. The van der Waals surface area contributed by atoms with Crippen LogP contribution < -0.4 is 20.3 Å². The Morgan fingerprint density at radius 1 is 0.662 bits per heavy atom. The first-order valence-corrected chi connectivity index (χ1v) is 23.0. The number of hydrogen-bond donors (Lipinski definition) is 1. The molecule has 65 heavy (non-hydrogen) atoms. The zero-order chi connectivity index (χ0) is 44.8. The van der Waals surface area contributed by atoms with Crippen molar-refractivity contribution in [3.05, 3.63) is 139 Å². The van der Waals surface area contributed by atoms with Gasteiger partial charge in [-0.15, -0.1) is 0 Å². The monoisotopic (exact) mass is 879 g/mol. The second kappa shape index (κ2) is 17.9. The lowest BCUT2D eigenvalue weighted by molar-refractivity contribution is -0.171. The standard InChI is InChI=1S/C25H25N3O4.C20H18N2O4.C6H10O/c1-2-27-14-22(25(30)28-12-19-9-20(13-28)32-19)23(29)21-10-18(11-26-24(21)27)31-17-7-15-5-3-4-6-16(15)8-17;1-2-22-11-17(20(24)25)18(23)16-9-15(10-21-19(16)22)26-14-7-12-5-3-4-6-13(12)8-14;1-2-5-4-6(3-1)7-5/h3-6,10-11,14,17,19-20H,2,7-9,12-13H2,1H3;3-6,9-11,14H,2,7-8H2,1H3,(H,24,25);5-6H,1-4H2. The minimum absolute atomic E-state index is 0.0114. The van der Waals surface area contributed by atoms with Crippen LogP contribution in [-0.2, 0) is 48.2 Å². The van der Waals surface area contributed by atoms with E-state index in [1.807, 2.05) is 42.7 Å². The molecule has 3 aliphatic carbocycles. The molecule has 14 rings (SSSR count). The fraction of sp³-hybridized carbons (Fsp3) is 0.412. The van der Waals surface area contributed by atoms with E-state index in [1.54, 1.807) is 40.2 Å². The number of nitrogens with zero attached hydrogens (tertiary/aromatic N) is 5. The van der Waals surface area contributed by atoms with Gasteiger partial charge in [-0.25, -0.2) is 14.8 Å². The van der Waals surface area contributed by atoms with E-state index in [0.29, 0.717) is 66.6 Å². The van der Waals surface area contributed by atoms with Crippen molar-refractivity contribution in [3.63, 3.8) is 0 Å². The number of ether oxygens (including phenoxy) is 4. The van der Waals surface area contributed by atoms with Gasteiger partial charge in [-0.05, 0) is 73.9 Å². The van der Waals surface area contributed by atoms with E-state index in [4.69, 9.17) is 18.9 Å². The van der Waals surface area contributed by atoms with Gasteiger partial charge in [0.1, 0.15) is 46.1 Å². The summed E-state index contributed by atoms with van der Waals surface area (Å²) in [6, 6.07) is 19.9. The average molecular weight is 880 g/mol. The third-order valence-corrected chi connectivity index (χ3v) is 13.6. The topological polar surface area (TPSA) is 164 Å². The molecule has 4 aromatic heterocycles. The summed E-state index contributed by atoms with van der Waals surface area (Å²) in [5, 5.41) is 9.96. The number of amides is 1. The zero-order valence-corrected chi connectivity index (χ0v) is 36.7. The lowest BCUT2D eigenvalue weighted by Gasteiger charge is -2.46. The number of pyridine rings is 4. The summed E-state index contributed by atoms with van der Waals surface area (Å²) in [6.07, 6.45) is 17.5. The number of carboxylic acid groups (broad SMARTS) is 1. The molecule has 5 saturated heterocycles. The summed E-state index contributed by atoms with van der Waals surface area (Å²) in [4.78, 5) is 61.0. The van der Waals surface area contributed by atoms with Crippen molar-refractivity contribution < 1.29 is 33.6 Å². The van der Waals surface area contributed by atoms with Crippen LogP contribution >= 0.6 is 0 Å². The van der Waals surface area contributed by atoms with Crippen LogP contribution in [0.3, 0.4) is 0 Å². The van der Waals surface area contributed by atoms with Crippen molar-refractivity contribution in [2.45, 2.75) is 121 Å². The predicted molar refractivity (Wildman–Crippen MR) is 243 cm³/mol. The quantitative estimate of drug-likeness (QED) is 0.176. The largest absolute Gasteiger partial charge is 0.488 e. The molecule has 6 aromatic rings. The Labute approximate surface area is 375 Å². The molecule has 4 atom stereocenters. The number of benzene rings is 2. The molecule has 14 heteroatoms. The Bertz CT molecular complexity index is 2840. The van der Waals surface area contributed by atoms with Gasteiger partial charge in [0.25, 0.3) is 5.91 Å². The van der Waals surface area contributed by atoms with Crippen LogP contribution in [0.2, 0.25) is 0 Å². The van der Waals surface area contributed by atoms with Crippen LogP contribution in [0.5, 0.6) is 11.5 Å². The molecule has 2 aromatic carbocycles. The van der Waals surface area contributed by atoms with Gasteiger partial charge >= 0.3 is 5.97 Å². The molecule has 14 nitrogen and oxygen atoms in total. The van der Waals surface area contributed by atoms with Crippen molar-refractivity contribution in [2.75, 3.05) is 13.1 Å². The molecule has 0 radical (unpaired) electrons. The summed E-state index contributed by atoms with van der Waals surface area (Å²) in [7, 11) is 0. The Balaban J connectivity index is 0.000000135. The van der Waals surface area contributed by atoms with Crippen LogP contribution in [0.15, 0.2) is 95.0 Å². The number of fused-ring (bicyclic) bond motifs is 8. The highest BCUT2D eigenvalue weighted by atomic mass is 16.5. The summed E-state index contributed by atoms with van der Waals surface area (Å²) >= 11 is 0. The number of carbonyl (C=O) groups is 2. The maximum absolute atomic E-state index is 13.4. The molecule has 4 bridgehead atoms. The van der Waals surface area contributed by atoms with Crippen LogP contribution in [0.1, 0.15) is 88.9 Å². The van der Waals surface area contributed by atoms with Crippen LogP contribution in [0.25, 0.3) is 22.1 Å². The summed E-state index contributed by atoms with van der Waals surface area (Å²) in [5.74, 6) is -0.420. The van der Waals surface area contributed by atoms with Crippen molar-refractivity contribution in [3.8, 4) is 11.5 Å². The summed E-state index contributed by atoms with van der Waals surface area (Å²) < 4.78 is 26.8. The van der Waals surface area contributed by atoms with E-state index in [-0.39, 0.29) is 52.3 Å². The third-order valence-electron chi connectivity index (χ3n) is 13.6. The Morgan fingerprint density at radius 2 is 1.08 bits per heavy atom. The van der Waals surface area contributed by atoms with E-state index in [0.717, 1.165) is 32.1 Å². The normalized spacial score (nSPS) is 21.5. The van der Waals surface area contributed by atoms with E-state index in [1.165, 1.54) is 54.1 Å². The first-order valence-electron chi connectivity index (χ1n) is 23.0. The number of aryl methyl sites for hydroxylation is 2. The SMILES string of the molecule is C1CC2CC(C1)O2.CCn1cc(C(=O)N2CC3CC(C2)O3)c(=O)c2cc(OC3Cc4ccccc4C3)cnc21.CCn1cc(C(=O)O)c(=O)c2cc(OC3Cc4ccccc4C3)cnc21. The van der Waals surface area contributed by atoms with Gasteiger partial charge in [-0.1, -0.05) is 48.5 Å². The molecule has 6 fully saturated rings. The molecule has 5 aliphatic heterocycles. The Kier molecular flexibility index (Phi) is 11.7. The summed E-state index contributed by atoms with van der Waals surface area (Å²) in [6.45, 7) is 6.06. The number of aromatic nitrogens is 4. The zero-order valence-electron chi connectivity index (χ0n) is 36.7. The third kappa shape index (κ3) is 8.64. The van der Waals surface area contributed by atoms with Gasteiger partial charge < -0.3 is 38.1 Å². The molecule has 1 saturated carbocycles. The second-order valence-electron chi connectivity index (χ2n) is 17.9.